The van der Waals surface area contributed by atoms with Gasteiger partial charge < -0.3 is 9.80 Å². The molecule has 3 rings (SSSR count). The number of likely N-dealkylation sites (tertiary alicyclic amines) is 2. The van der Waals surface area contributed by atoms with Crippen LogP contribution >= 0.6 is 11.6 Å². The number of hydrogen-bond donors (Lipinski definition) is 0. The van der Waals surface area contributed by atoms with E-state index in [1.54, 1.807) is 24.3 Å². The van der Waals surface area contributed by atoms with E-state index in [9.17, 15) is 9.59 Å². The van der Waals surface area contributed by atoms with Crippen molar-refractivity contribution in [2.45, 2.75) is 33.1 Å². The molecule has 1 aromatic carbocycles. The topological polar surface area (TPSA) is 40.6 Å². The Kier molecular flexibility index (Phi) is 5.67. The highest BCUT2D eigenvalue weighted by Crippen LogP contribution is 2.26. The van der Waals surface area contributed by atoms with E-state index in [0.29, 0.717) is 29.0 Å². The number of carbonyl (C=O) groups is 2. The first-order valence-electron chi connectivity index (χ1n) is 9.27. The zero-order chi connectivity index (χ0) is 18.0. The summed E-state index contributed by atoms with van der Waals surface area (Å²) in [6, 6.07) is 6.98. The van der Waals surface area contributed by atoms with Crippen LogP contribution in [-0.4, -0.2) is 47.8 Å². The predicted octanol–water partition coefficient (Wildman–Crippen LogP) is 3.70. The number of rotatable bonds is 2. The first-order chi connectivity index (χ1) is 11.9. The molecular formula is C20H27ClN2O2. The third-order valence-corrected chi connectivity index (χ3v) is 5.58. The van der Waals surface area contributed by atoms with Crippen LogP contribution < -0.4 is 0 Å². The van der Waals surface area contributed by atoms with Crippen molar-refractivity contribution in [3.63, 3.8) is 0 Å². The monoisotopic (exact) mass is 362 g/mol. The van der Waals surface area contributed by atoms with Crippen molar-refractivity contribution >= 4 is 23.4 Å². The fourth-order valence-corrected chi connectivity index (χ4v) is 4.37. The first kappa shape index (κ1) is 18.2. The molecule has 1 aromatic rings. The van der Waals surface area contributed by atoms with Crippen LogP contribution in [0.2, 0.25) is 5.02 Å². The number of benzene rings is 1. The van der Waals surface area contributed by atoms with E-state index in [0.717, 1.165) is 32.5 Å². The summed E-state index contributed by atoms with van der Waals surface area (Å²) in [6.45, 7) is 7.38. The summed E-state index contributed by atoms with van der Waals surface area (Å²) in [6.07, 6.45) is 2.95. The lowest BCUT2D eigenvalue weighted by Crippen LogP contribution is -2.50. The summed E-state index contributed by atoms with van der Waals surface area (Å²) in [4.78, 5) is 29.5. The number of carbonyl (C=O) groups excluding carboxylic acids is 2. The zero-order valence-corrected chi connectivity index (χ0v) is 15.8. The maximum atomic E-state index is 13.0. The second kappa shape index (κ2) is 7.77. The van der Waals surface area contributed by atoms with Crippen molar-refractivity contribution in [2.75, 3.05) is 26.2 Å². The molecule has 0 spiro atoms. The van der Waals surface area contributed by atoms with Crippen LogP contribution in [-0.2, 0) is 4.79 Å². The number of hydrogen-bond acceptors (Lipinski definition) is 2. The van der Waals surface area contributed by atoms with Crippen molar-refractivity contribution in [3.8, 4) is 0 Å². The number of piperidine rings is 2. The van der Waals surface area contributed by atoms with Crippen LogP contribution in [0.1, 0.15) is 43.5 Å². The third kappa shape index (κ3) is 4.35. The van der Waals surface area contributed by atoms with Crippen molar-refractivity contribution in [2.24, 2.45) is 17.8 Å². The van der Waals surface area contributed by atoms with Crippen LogP contribution in [0.15, 0.2) is 24.3 Å². The Morgan fingerprint density at radius 2 is 1.64 bits per heavy atom. The van der Waals surface area contributed by atoms with Gasteiger partial charge in [0.15, 0.2) is 0 Å². The second-order valence-electron chi connectivity index (χ2n) is 7.79. The van der Waals surface area contributed by atoms with Gasteiger partial charge in [-0.25, -0.2) is 0 Å². The minimum absolute atomic E-state index is 0.00505. The predicted molar refractivity (Wildman–Crippen MR) is 99.6 cm³/mol. The third-order valence-electron chi connectivity index (χ3n) is 5.33. The Balaban J connectivity index is 1.65. The van der Waals surface area contributed by atoms with Crippen LogP contribution in [0.5, 0.6) is 0 Å². The average molecular weight is 363 g/mol. The van der Waals surface area contributed by atoms with Gasteiger partial charge in [0.2, 0.25) is 5.91 Å². The van der Waals surface area contributed by atoms with E-state index in [1.165, 1.54) is 6.42 Å². The molecule has 0 saturated carbocycles. The van der Waals surface area contributed by atoms with Gasteiger partial charge in [-0.2, -0.15) is 0 Å². The molecule has 2 fully saturated rings. The normalized spacial score (nSPS) is 27.2. The summed E-state index contributed by atoms with van der Waals surface area (Å²) < 4.78 is 0. The van der Waals surface area contributed by atoms with Crippen LogP contribution in [0.3, 0.4) is 0 Å². The second-order valence-corrected chi connectivity index (χ2v) is 8.22. The highest BCUT2D eigenvalue weighted by molar-refractivity contribution is 6.30. The van der Waals surface area contributed by atoms with E-state index >= 15 is 0 Å². The highest BCUT2D eigenvalue weighted by Gasteiger charge is 2.34. The highest BCUT2D eigenvalue weighted by atomic mass is 35.5. The lowest BCUT2D eigenvalue weighted by molar-refractivity contribution is -0.139. The Morgan fingerprint density at radius 1 is 1.00 bits per heavy atom. The molecule has 4 nitrogen and oxygen atoms in total. The molecule has 5 heteroatoms. The van der Waals surface area contributed by atoms with Gasteiger partial charge in [-0.05, 0) is 55.4 Å². The molecule has 2 heterocycles. The SMILES string of the molecule is C[C@@H]1C[C@H](C)CN(C(=O)[C@@H]2CCCN(C(=O)c3ccc(Cl)cc3)C2)C1. The van der Waals surface area contributed by atoms with Gasteiger partial charge in [0.25, 0.3) is 5.91 Å². The standard InChI is InChI=1S/C20H27ClN2O2/c1-14-10-15(2)12-23(11-14)20(25)17-4-3-9-22(13-17)19(24)16-5-7-18(21)8-6-16/h5-8,14-15,17H,3-4,9-13H2,1-2H3/t14-,15+,17-/m1/s1. The molecule has 0 bridgehead atoms. The lowest BCUT2D eigenvalue weighted by Gasteiger charge is -2.39. The van der Waals surface area contributed by atoms with Crippen LogP contribution in [0.4, 0.5) is 0 Å². The van der Waals surface area contributed by atoms with Crippen molar-refractivity contribution in [1.82, 2.24) is 9.80 Å². The summed E-state index contributed by atoms with van der Waals surface area (Å²) in [5.41, 5.74) is 0.637. The lowest BCUT2D eigenvalue weighted by atomic mass is 9.89. The summed E-state index contributed by atoms with van der Waals surface area (Å²) in [5.74, 6) is 1.27. The maximum absolute atomic E-state index is 13.0. The Labute approximate surface area is 155 Å². The van der Waals surface area contributed by atoms with E-state index in [1.807, 2.05) is 9.80 Å². The molecule has 2 amide bonds. The van der Waals surface area contributed by atoms with Gasteiger partial charge in [-0.15, -0.1) is 0 Å². The quantitative estimate of drug-likeness (QED) is 0.804. The molecule has 2 aliphatic heterocycles. The van der Waals surface area contributed by atoms with E-state index in [4.69, 9.17) is 11.6 Å². The van der Waals surface area contributed by atoms with Crippen molar-refractivity contribution < 1.29 is 9.59 Å². The van der Waals surface area contributed by atoms with Gasteiger partial charge >= 0.3 is 0 Å². The Hall–Kier alpha value is -1.55. The molecule has 0 N–H and O–H groups in total. The number of amides is 2. The van der Waals surface area contributed by atoms with Crippen molar-refractivity contribution in [1.29, 1.82) is 0 Å². The molecule has 2 saturated heterocycles. The first-order valence-corrected chi connectivity index (χ1v) is 9.65. The summed E-state index contributed by atoms with van der Waals surface area (Å²) in [7, 11) is 0. The Morgan fingerprint density at radius 3 is 2.28 bits per heavy atom. The molecule has 0 aliphatic carbocycles. The Bertz CT molecular complexity index is 621. The van der Waals surface area contributed by atoms with Gasteiger partial charge in [-0.1, -0.05) is 25.4 Å². The molecule has 2 aliphatic rings. The van der Waals surface area contributed by atoms with Crippen LogP contribution in [0.25, 0.3) is 0 Å². The molecule has 0 unspecified atom stereocenters. The molecule has 0 radical (unpaired) electrons. The summed E-state index contributed by atoms with van der Waals surface area (Å²) in [5, 5.41) is 0.622. The van der Waals surface area contributed by atoms with E-state index < -0.39 is 0 Å². The zero-order valence-electron chi connectivity index (χ0n) is 15.1. The van der Waals surface area contributed by atoms with E-state index in [-0.39, 0.29) is 17.7 Å². The van der Waals surface area contributed by atoms with Gasteiger partial charge in [0.05, 0.1) is 5.92 Å². The fourth-order valence-electron chi connectivity index (χ4n) is 4.24. The molecule has 25 heavy (non-hydrogen) atoms. The van der Waals surface area contributed by atoms with Crippen molar-refractivity contribution in [3.05, 3.63) is 34.9 Å². The average Bonchev–Trinajstić information content (AvgIpc) is 2.60. The van der Waals surface area contributed by atoms with Gasteiger partial charge in [0, 0.05) is 36.8 Å². The minimum Gasteiger partial charge on any atom is -0.342 e. The number of halogens is 1. The maximum Gasteiger partial charge on any atom is 0.253 e. The van der Waals surface area contributed by atoms with Gasteiger partial charge in [-0.3, -0.25) is 9.59 Å². The summed E-state index contributed by atoms with van der Waals surface area (Å²) >= 11 is 5.90. The fraction of sp³-hybridized carbons (Fsp3) is 0.600. The largest absolute Gasteiger partial charge is 0.342 e. The van der Waals surface area contributed by atoms with E-state index in [2.05, 4.69) is 13.8 Å². The molecule has 3 atom stereocenters. The molecule has 136 valence electrons. The molecule has 0 aromatic heterocycles. The van der Waals surface area contributed by atoms with Gasteiger partial charge in [0.1, 0.15) is 0 Å². The molecular weight excluding hydrogens is 336 g/mol. The van der Waals surface area contributed by atoms with Crippen LogP contribution in [0, 0.1) is 17.8 Å². The minimum atomic E-state index is -0.0671. The number of nitrogens with zero attached hydrogens (tertiary/aromatic N) is 2. The smallest absolute Gasteiger partial charge is 0.253 e.